The average Bonchev–Trinajstić information content (AvgIpc) is 2.64. The fourth-order valence-corrected chi connectivity index (χ4v) is 2.65. The Morgan fingerprint density at radius 3 is 2.59 bits per heavy atom. The minimum atomic E-state index is -0.470. The predicted octanol–water partition coefficient (Wildman–Crippen LogP) is 4.30. The van der Waals surface area contributed by atoms with E-state index in [1.807, 2.05) is 6.92 Å². The van der Waals surface area contributed by atoms with Gasteiger partial charge in [-0.3, -0.25) is 14.9 Å². The normalized spacial score (nSPS) is 10.4. The number of phenols is 1. The number of aromatic hydroxyl groups is 1. The Balaban J connectivity index is 1.91. The second-order valence-corrected chi connectivity index (χ2v) is 6.05. The number of hydrogen-bond acceptors (Lipinski definition) is 6. The number of nitro benzene ring substituents is 1. The first kappa shape index (κ1) is 20.2. The van der Waals surface area contributed by atoms with Gasteiger partial charge in [-0.25, -0.2) is 0 Å². The molecule has 0 aliphatic heterocycles. The minimum absolute atomic E-state index is 0.0188. The van der Waals surface area contributed by atoms with Gasteiger partial charge < -0.3 is 14.6 Å². The maximum absolute atomic E-state index is 11.6. The first-order chi connectivity index (χ1) is 12.9. The molecule has 2 aromatic rings. The second kappa shape index (κ2) is 9.56. The van der Waals surface area contributed by atoms with Gasteiger partial charge in [-0.2, -0.15) is 0 Å². The van der Waals surface area contributed by atoms with Crippen molar-refractivity contribution in [2.45, 2.75) is 33.1 Å². The van der Waals surface area contributed by atoms with E-state index in [9.17, 15) is 20.0 Å². The quantitative estimate of drug-likeness (QED) is 0.288. The molecule has 2 rings (SSSR count). The van der Waals surface area contributed by atoms with Gasteiger partial charge in [-0.05, 0) is 31.5 Å². The molecule has 0 unspecified atom stereocenters. The van der Waals surface area contributed by atoms with Gasteiger partial charge in [-0.1, -0.05) is 19.4 Å². The zero-order valence-corrected chi connectivity index (χ0v) is 15.4. The fraction of sp³-hybridized carbons (Fsp3) is 0.350. The van der Waals surface area contributed by atoms with Crippen molar-refractivity contribution < 1.29 is 24.3 Å². The molecule has 144 valence electrons. The van der Waals surface area contributed by atoms with Crippen LogP contribution in [0.5, 0.6) is 17.2 Å². The lowest BCUT2D eigenvalue weighted by Crippen LogP contribution is -2.07. The van der Waals surface area contributed by atoms with Crippen molar-refractivity contribution in [2.75, 3.05) is 13.2 Å². The van der Waals surface area contributed by atoms with Crippen LogP contribution in [0.3, 0.4) is 0 Å². The number of phenolic OH excluding ortho intramolecular Hbond substituents is 1. The minimum Gasteiger partial charge on any atom is -0.507 e. The number of benzene rings is 2. The lowest BCUT2D eigenvalue weighted by Gasteiger charge is -2.14. The first-order valence-corrected chi connectivity index (χ1v) is 8.79. The maximum atomic E-state index is 11.6. The molecule has 0 spiro atoms. The van der Waals surface area contributed by atoms with Crippen molar-refractivity contribution in [2.24, 2.45) is 0 Å². The number of nitro groups is 1. The second-order valence-electron chi connectivity index (χ2n) is 6.05. The van der Waals surface area contributed by atoms with E-state index in [-0.39, 0.29) is 17.2 Å². The highest BCUT2D eigenvalue weighted by atomic mass is 16.6. The molecule has 0 saturated heterocycles. The molecule has 0 bridgehead atoms. The SMILES string of the molecule is CCCc1c(OCCCOc2cccc([N+](=O)[O-])c2)ccc(C(C)=O)c1O. The molecule has 7 heteroatoms. The van der Waals surface area contributed by atoms with Gasteiger partial charge in [0.25, 0.3) is 5.69 Å². The van der Waals surface area contributed by atoms with Gasteiger partial charge in [0, 0.05) is 18.1 Å². The van der Waals surface area contributed by atoms with E-state index in [4.69, 9.17) is 9.47 Å². The molecule has 0 amide bonds. The van der Waals surface area contributed by atoms with Crippen LogP contribution >= 0.6 is 0 Å². The van der Waals surface area contributed by atoms with Crippen LogP contribution in [0.25, 0.3) is 0 Å². The zero-order valence-electron chi connectivity index (χ0n) is 15.4. The molecule has 0 heterocycles. The van der Waals surface area contributed by atoms with Crippen LogP contribution in [0.1, 0.15) is 42.6 Å². The van der Waals surface area contributed by atoms with Crippen molar-refractivity contribution in [3.63, 3.8) is 0 Å². The summed E-state index contributed by atoms with van der Waals surface area (Å²) in [5.41, 5.74) is 0.901. The van der Waals surface area contributed by atoms with Crippen LogP contribution in [0, 0.1) is 10.1 Å². The summed E-state index contributed by atoms with van der Waals surface area (Å²) in [6.45, 7) is 4.08. The van der Waals surface area contributed by atoms with Crippen LogP contribution in [0.15, 0.2) is 36.4 Å². The standard InChI is InChI=1S/C20H23NO6/c1-3-6-18-19(10-9-17(14(2)22)20(18)23)27-12-5-11-26-16-8-4-7-15(13-16)21(24)25/h4,7-10,13,23H,3,5-6,11-12H2,1-2H3. The number of non-ortho nitro benzene ring substituents is 1. The van der Waals surface area contributed by atoms with E-state index >= 15 is 0 Å². The Bertz CT molecular complexity index is 818. The third-order valence-electron chi connectivity index (χ3n) is 3.96. The number of carbonyl (C=O) groups is 1. The molecule has 27 heavy (non-hydrogen) atoms. The van der Waals surface area contributed by atoms with E-state index < -0.39 is 4.92 Å². The summed E-state index contributed by atoms with van der Waals surface area (Å²) in [5, 5.41) is 21.1. The summed E-state index contributed by atoms with van der Waals surface area (Å²) in [4.78, 5) is 21.9. The van der Waals surface area contributed by atoms with Gasteiger partial charge >= 0.3 is 0 Å². The molecule has 7 nitrogen and oxygen atoms in total. The van der Waals surface area contributed by atoms with Crippen LogP contribution in [0.4, 0.5) is 5.69 Å². The number of ketones is 1. The Morgan fingerprint density at radius 2 is 1.93 bits per heavy atom. The first-order valence-electron chi connectivity index (χ1n) is 8.79. The lowest BCUT2D eigenvalue weighted by molar-refractivity contribution is -0.384. The number of hydrogen-bond donors (Lipinski definition) is 1. The Hall–Kier alpha value is -3.09. The van der Waals surface area contributed by atoms with Crippen molar-refractivity contribution in [3.05, 3.63) is 57.6 Å². The van der Waals surface area contributed by atoms with Crippen molar-refractivity contribution >= 4 is 11.5 Å². The summed E-state index contributed by atoms with van der Waals surface area (Å²) >= 11 is 0. The lowest BCUT2D eigenvalue weighted by atomic mass is 10.0. The van der Waals surface area contributed by atoms with Crippen LogP contribution in [-0.2, 0) is 6.42 Å². The molecule has 0 aromatic heterocycles. The molecule has 0 aliphatic rings. The van der Waals surface area contributed by atoms with Crippen molar-refractivity contribution in [1.29, 1.82) is 0 Å². The van der Waals surface area contributed by atoms with Crippen molar-refractivity contribution in [1.82, 2.24) is 0 Å². The molecule has 0 fully saturated rings. The Morgan fingerprint density at radius 1 is 1.19 bits per heavy atom. The molecule has 2 aromatic carbocycles. The van der Waals surface area contributed by atoms with Gasteiger partial charge in [0.2, 0.25) is 0 Å². The van der Waals surface area contributed by atoms with Crippen molar-refractivity contribution in [3.8, 4) is 17.2 Å². The van der Waals surface area contributed by atoms with Crippen LogP contribution in [0.2, 0.25) is 0 Å². The average molecular weight is 373 g/mol. The zero-order chi connectivity index (χ0) is 19.8. The number of rotatable bonds is 10. The van der Waals surface area contributed by atoms with E-state index in [1.165, 1.54) is 19.1 Å². The number of carbonyl (C=O) groups excluding carboxylic acids is 1. The summed E-state index contributed by atoms with van der Waals surface area (Å²) in [7, 11) is 0. The smallest absolute Gasteiger partial charge is 0.273 e. The summed E-state index contributed by atoms with van der Waals surface area (Å²) in [6.07, 6.45) is 1.97. The van der Waals surface area contributed by atoms with Gasteiger partial charge in [0.1, 0.15) is 17.2 Å². The fourth-order valence-electron chi connectivity index (χ4n) is 2.65. The van der Waals surface area contributed by atoms with Gasteiger partial charge in [0.15, 0.2) is 5.78 Å². The van der Waals surface area contributed by atoms with Crippen LogP contribution < -0.4 is 9.47 Å². The maximum Gasteiger partial charge on any atom is 0.273 e. The third-order valence-corrected chi connectivity index (χ3v) is 3.96. The van der Waals surface area contributed by atoms with E-state index in [1.54, 1.807) is 24.3 Å². The van der Waals surface area contributed by atoms with Crippen LogP contribution in [-0.4, -0.2) is 29.0 Å². The highest BCUT2D eigenvalue weighted by Crippen LogP contribution is 2.33. The molecule has 0 saturated carbocycles. The van der Waals surface area contributed by atoms with E-state index in [0.717, 1.165) is 6.42 Å². The molecular formula is C20H23NO6. The van der Waals surface area contributed by atoms with E-state index in [0.29, 0.717) is 48.7 Å². The summed E-state index contributed by atoms with van der Waals surface area (Å²) in [6, 6.07) is 9.27. The molecule has 1 N–H and O–H groups in total. The van der Waals surface area contributed by atoms with Gasteiger partial charge in [0.05, 0.1) is 29.8 Å². The summed E-state index contributed by atoms with van der Waals surface area (Å²) in [5.74, 6) is 0.769. The molecule has 0 radical (unpaired) electrons. The number of Topliss-reactive ketones (excluding diaryl/α,β-unsaturated/α-hetero) is 1. The third kappa shape index (κ3) is 5.44. The monoisotopic (exact) mass is 373 g/mol. The number of nitrogens with zero attached hydrogens (tertiary/aromatic N) is 1. The highest BCUT2D eigenvalue weighted by molar-refractivity contribution is 5.97. The molecular weight excluding hydrogens is 350 g/mol. The van der Waals surface area contributed by atoms with Gasteiger partial charge in [-0.15, -0.1) is 0 Å². The summed E-state index contributed by atoms with van der Waals surface area (Å²) < 4.78 is 11.3. The Labute approximate surface area is 157 Å². The topological polar surface area (TPSA) is 98.9 Å². The molecule has 0 atom stereocenters. The van der Waals surface area contributed by atoms with E-state index in [2.05, 4.69) is 0 Å². The number of ether oxygens (including phenoxy) is 2. The Kier molecular flexibility index (Phi) is 7.16. The highest BCUT2D eigenvalue weighted by Gasteiger charge is 2.15. The molecule has 0 aliphatic carbocycles. The predicted molar refractivity (Wildman–Crippen MR) is 101 cm³/mol. The largest absolute Gasteiger partial charge is 0.507 e.